The molecular formula is C23H25B2F2N5O3. The largest absolute Gasteiger partial charge is 0.504 e. The van der Waals surface area contributed by atoms with Gasteiger partial charge in [-0.2, -0.15) is 4.39 Å². The molecule has 5 rings (SSSR count). The molecule has 12 heteroatoms. The van der Waals surface area contributed by atoms with E-state index in [-0.39, 0.29) is 16.8 Å². The number of carbonyl (C=O) groups excluding carboxylic acids is 1. The number of anilines is 1. The summed E-state index contributed by atoms with van der Waals surface area (Å²) in [4.78, 5) is 34.6. The molecule has 180 valence electrons. The third-order valence-electron chi connectivity index (χ3n) is 6.63. The second-order valence-electron chi connectivity index (χ2n) is 9.61. The van der Waals surface area contributed by atoms with Gasteiger partial charge in [-0.05, 0) is 18.2 Å². The minimum atomic E-state index is -0.693. The number of hydrogen-bond donors (Lipinski definition) is 2. The van der Waals surface area contributed by atoms with Crippen LogP contribution >= 0.6 is 0 Å². The van der Waals surface area contributed by atoms with E-state index in [2.05, 4.69) is 20.2 Å². The van der Waals surface area contributed by atoms with Crippen LogP contribution in [0.4, 0.5) is 14.5 Å². The van der Waals surface area contributed by atoms with E-state index >= 15 is 4.39 Å². The molecule has 0 unspecified atom stereocenters. The second kappa shape index (κ2) is 8.67. The number of nitrogens with zero attached hydrogens (tertiary/aromatic N) is 3. The molecule has 35 heavy (non-hydrogen) atoms. The first-order chi connectivity index (χ1) is 16.7. The number of hydrogen-bond acceptors (Lipinski definition) is 6. The van der Waals surface area contributed by atoms with E-state index in [4.69, 9.17) is 4.74 Å². The quantitative estimate of drug-likeness (QED) is 0.396. The number of aromatic nitrogens is 2. The Labute approximate surface area is 202 Å². The maximum Gasteiger partial charge on any atom is 0.269 e. The number of nitrogens with one attached hydrogen (secondary N) is 2. The van der Waals surface area contributed by atoms with Crippen LogP contribution in [0.5, 0.6) is 5.75 Å². The summed E-state index contributed by atoms with van der Waals surface area (Å²) in [6, 6.07) is 6.59. The third kappa shape index (κ3) is 4.27. The molecular weight excluding hydrogens is 454 g/mol. The highest BCUT2D eigenvalue weighted by Crippen LogP contribution is 2.37. The summed E-state index contributed by atoms with van der Waals surface area (Å²) >= 11 is 0. The Morgan fingerprint density at radius 3 is 2.63 bits per heavy atom. The monoisotopic (exact) mass is 479 g/mol. The molecule has 0 radical (unpaired) electrons. The predicted octanol–water partition coefficient (Wildman–Crippen LogP) is -0.262. The maximum atomic E-state index is 15.4. The van der Waals surface area contributed by atoms with Gasteiger partial charge in [0.05, 0.1) is 16.8 Å². The highest BCUT2D eigenvalue weighted by Gasteiger charge is 2.34. The van der Waals surface area contributed by atoms with E-state index in [0.29, 0.717) is 67.1 Å². The molecule has 2 aliphatic heterocycles. The Hall–Kier alpha value is -3.40. The fourth-order valence-corrected chi connectivity index (χ4v) is 4.83. The molecule has 3 aromatic rings. The summed E-state index contributed by atoms with van der Waals surface area (Å²) in [5.41, 5.74) is 1.23. The lowest BCUT2D eigenvalue weighted by Crippen LogP contribution is -2.46. The van der Waals surface area contributed by atoms with Crippen molar-refractivity contribution in [2.24, 2.45) is 0 Å². The Morgan fingerprint density at radius 1 is 1.20 bits per heavy atom. The molecule has 0 aliphatic carbocycles. The summed E-state index contributed by atoms with van der Waals surface area (Å²) in [5.74, 6) is -1.13. The molecule has 1 amide bonds. The van der Waals surface area contributed by atoms with E-state index in [0.717, 1.165) is 0 Å². The zero-order valence-electron chi connectivity index (χ0n) is 19.9. The average Bonchev–Trinajstić information content (AvgIpc) is 3.17. The molecule has 0 bridgehead atoms. The highest BCUT2D eigenvalue weighted by molar-refractivity contribution is 6.39. The fourth-order valence-electron chi connectivity index (χ4n) is 4.83. The summed E-state index contributed by atoms with van der Waals surface area (Å²) in [5, 5.41) is 2.49. The standard InChI is InChI=1S/C23H25B2F2N5O3/c1-28-22(34)15-4-5-16(20(27)29-15)32-8-6-31(7-9-32)11-12-2-3-13-18(17(12)26)30-21(33)14-10-23(24,25)35-19(13)14/h2-5H,6-11,24-25H2,1H3,(H,28,34)(H,30,33). The zero-order valence-corrected chi connectivity index (χ0v) is 19.9. The Kier molecular flexibility index (Phi) is 5.79. The van der Waals surface area contributed by atoms with Crippen LogP contribution in [-0.4, -0.2) is 75.1 Å². The molecule has 1 saturated heterocycles. The van der Waals surface area contributed by atoms with Gasteiger partial charge < -0.3 is 19.9 Å². The van der Waals surface area contributed by atoms with Gasteiger partial charge in [-0.1, -0.05) is 6.07 Å². The van der Waals surface area contributed by atoms with Gasteiger partial charge in [0.15, 0.2) is 5.82 Å². The van der Waals surface area contributed by atoms with Gasteiger partial charge >= 0.3 is 0 Å². The number of rotatable bonds is 4. The molecule has 0 atom stereocenters. The zero-order chi connectivity index (χ0) is 24.9. The van der Waals surface area contributed by atoms with Crippen LogP contribution in [0.25, 0.3) is 10.9 Å². The minimum absolute atomic E-state index is 0.0248. The number of piperazine rings is 1. The van der Waals surface area contributed by atoms with Crippen molar-refractivity contribution < 1.29 is 18.3 Å². The van der Waals surface area contributed by atoms with Crippen LogP contribution in [0.15, 0.2) is 29.1 Å². The number of benzene rings is 1. The predicted molar refractivity (Wildman–Crippen MR) is 134 cm³/mol. The van der Waals surface area contributed by atoms with Crippen LogP contribution < -0.4 is 20.5 Å². The SMILES string of the molecule is BC1(B)Cc2c(c3ccc(CN4CCN(c5ccc(C(=O)NC)nc5F)CC4)c(F)c3[nH]c2=O)O1. The smallest absolute Gasteiger partial charge is 0.269 e. The molecule has 1 fully saturated rings. The van der Waals surface area contributed by atoms with E-state index in [1.807, 2.05) is 20.6 Å². The number of ether oxygens (including phenoxy) is 1. The van der Waals surface area contributed by atoms with E-state index < -0.39 is 23.1 Å². The number of carbonyl (C=O) groups is 1. The third-order valence-corrected chi connectivity index (χ3v) is 6.63. The van der Waals surface area contributed by atoms with Gasteiger partial charge in [-0.15, -0.1) is 0 Å². The van der Waals surface area contributed by atoms with Crippen LogP contribution in [0, 0.1) is 11.8 Å². The molecule has 2 aromatic heterocycles. The normalized spacial score (nSPS) is 17.3. The van der Waals surface area contributed by atoms with Gasteiger partial charge in [-0.3, -0.25) is 14.5 Å². The highest BCUT2D eigenvalue weighted by atomic mass is 19.1. The average molecular weight is 479 g/mol. The molecule has 0 spiro atoms. The number of fused-ring (bicyclic) bond motifs is 3. The number of aromatic amines is 1. The van der Waals surface area contributed by atoms with Gasteiger partial charge in [0.2, 0.25) is 5.95 Å². The number of pyridine rings is 2. The van der Waals surface area contributed by atoms with Crippen molar-refractivity contribution in [1.82, 2.24) is 20.2 Å². The van der Waals surface area contributed by atoms with Crippen LogP contribution in [-0.2, 0) is 13.0 Å². The lowest BCUT2D eigenvalue weighted by Gasteiger charge is -2.36. The summed E-state index contributed by atoms with van der Waals surface area (Å²) in [7, 11) is 5.27. The van der Waals surface area contributed by atoms with Gasteiger partial charge in [0.25, 0.3) is 11.5 Å². The van der Waals surface area contributed by atoms with Crippen LogP contribution in [0.1, 0.15) is 21.6 Å². The number of H-pyrrole nitrogens is 1. The number of amides is 1. The molecule has 2 aliphatic rings. The van der Waals surface area contributed by atoms with Crippen molar-refractivity contribution in [3.63, 3.8) is 0 Å². The summed E-state index contributed by atoms with van der Waals surface area (Å²) in [6.45, 7) is 2.59. The fraction of sp³-hybridized carbons (Fsp3) is 0.348. The van der Waals surface area contributed by atoms with E-state index in [1.54, 1.807) is 18.2 Å². The molecule has 2 N–H and O–H groups in total. The van der Waals surface area contributed by atoms with Crippen molar-refractivity contribution >= 4 is 38.2 Å². The Bertz CT molecular complexity index is 1390. The lowest BCUT2D eigenvalue weighted by atomic mass is 9.63. The van der Waals surface area contributed by atoms with Gasteiger partial charge in [0, 0.05) is 62.5 Å². The van der Waals surface area contributed by atoms with Crippen molar-refractivity contribution in [2.45, 2.75) is 18.4 Å². The molecule has 0 saturated carbocycles. The topological polar surface area (TPSA) is 90.6 Å². The second-order valence-corrected chi connectivity index (χ2v) is 9.61. The first-order valence-corrected chi connectivity index (χ1v) is 11.6. The number of halogens is 2. The van der Waals surface area contributed by atoms with Gasteiger partial charge in [0.1, 0.15) is 27.1 Å². The Balaban J connectivity index is 1.31. The van der Waals surface area contributed by atoms with Crippen molar-refractivity contribution in [1.29, 1.82) is 0 Å². The van der Waals surface area contributed by atoms with Crippen molar-refractivity contribution in [2.75, 3.05) is 38.1 Å². The minimum Gasteiger partial charge on any atom is -0.504 e. The van der Waals surface area contributed by atoms with Crippen molar-refractivity contribution in [3.05, 3.63) is 63.2 Å². The Morgan fingerprint density at radius 2 is 1.94 bits per heavy atom. The summed E-state index contributed by atoms with van der Waals surface area (Å²) < 4.78 is 35.9. The molecule has 4 heterocycles. The summed E-state index contributed by atoms with van der Waals surface area (Å²) in [6.07, 6.45) is 0.478. The van der Waals surface area contributed by atoms with E-state index in [1.165, 1.54) is 13.1 Å². The van der Waals surface area contributed by atoms with Gasteiger partial charge in [-0.25, -0.2) is 9.37 Å². The first kappa shape index (κ1) is 23.3. The molecule has 8 nitrogen and oxygen atoms in total. The maximum absolute atomic E-state index is 15.4. The first-order valence-electron chi connectivity index (χ1n) is 11.6. The van der Waals surface area contributed by atoms with Crippen molar-refractivity contribution in [3.8, 4) is 5.75 Å². The van der Waals surface area contributed by atoms with Crippen LogP contribution in [0.2, 0.25) is 0 Å². The van der Waals surface area contributed by atoms with E-state index in [9.17, 15) is 14.0 Å². The van der Waals surface area contributed by atoms with Crippen LogP contribution in [0.3, 0.4) is 0 Å². The lowest BCUT2D eigenvalue weighted by molar-refractivity contribution is 0.0957. The molecule has 1 aromatic carbocycles.